The molecule has 1 aromatic heterocycles. The normalized spacial score (nSPS) is 11.9. The van der Waals surface area contributed by atoms with Gasteiger partial charge in [0.1, 0.15) is 11.6 Å². The Kier molecular flexibility index (Phi) is 6.77. The van der Waals surface area contributed by atoms with Crippen LogP contribution in [0, 0.1) is 0 Å². The largest absolute Gasteiger partial charge is 0.435 e. The van der Waals surface area contributed by atoms with Gasteiger partial charge in [-0.25, -0.2) is 0 Å². The van der Waals surface area contributed by atoms with E-state index in [1.54, 1.807) is 42.5 Å². The number of alkyl halides is 3. The quantitative estimate of drug-likeness (QED) is 0.314. The molecule has 0 amide bonds. The molecule has 3 aromatic rings. The van der Waals surface area contributed by atoms with E-state index in [1.165, 1.54) is 11.7 Å². The van der Waals surface area contributed by atoms with Crippen LogP contribution in [0.3, 0.4) is 0 Å². The van der Waals surface area contributed by atoms with E-state index in [4.69, 9.17) is 28.0 Å². The van der Waals surface area contributed by atoms with E-state index in [0.717, 1.165) is 22.9 Å². The number of aryl methyl sites for hydroxylation is 1. The Labute approximate surface area is 179 Å². The summed E-state index contributed by atoms with van der Waals surface area (Å²) in [7, 11) is 1.45. The van der Waals surface area contributed by atoms with Gasteiger partial charge in [0.2, 0.25) is 0 Å². The lowest BCUT2D eigenvalue weighted by Gasteiger charge is -2.06. The summed E-state index contributed by atoms with van der Waals surface area (Å²) < 4.78 is 41.5. The molecule has 10 heteroatoms. The fourth-order valence-electron chi connectivity index (χ4n) is 2.41. The van der Waals surface area contributed by atoms with E-state index in [9.17, 15) is 13.2 Å². The number of benzene rings is 2. The van der Waals surface area contributed by atoms with Crippen molar-refractivity contribution < 1.29 is 18.0 Å². The third-order valence-corrected chi connectivity index (χ3v) is 5.52. The highest BCUT2D eigenvalue weighted by Crippen LogP contribution is 2.37. The number of halogens is 5. The maximum absolute atomic E-state index is 13.4. The SMILES string of the molecule is Cn1nc(C(F)(F)F)c(/C=N/OCc2ccc(Cl)cc2Cl)c1Sc1ccccc1. The van der Waals surface area contributed by atoms with Crippen molar-refractivity contribution >= 4 is 41.2 Å². The van der Waals surface area contributed by atoms with Gasteiger partial charge in [-0.3, -0.25) is 4.68 Å². The van der Waals surface area contributed by atoms with Crippen LogP contribution in [0.15, 0.2) is 63.6 Å². The summed E-state index contributed by atoms with van der Waals surface area (Å²) in [5.74, 6) is 0. The molecular weight excluding hydrogens is 446 g/mol. The van der Waals surface area contributed by atoms with Gasteiger partial charge in [-0.15, -0.1) is 0 Å². The van der Waals surface area contributed by atoms with Crippen LogP contribution in [0.5, 0.6) is 0 Å². The van der Waals surface area contributed by atoms with Crippen molar-refractivity contribution in [2.75, 3.05) is 0 Å². The molecule has 4 nitrogen and oxygen atoms in total. The molecule has 3 rings (SSSR count). The first-order valence-electron chi connectivity index (χ1n) is 8.22. The summed E-state index contributed by atoms with van der Waals surface area (Å²) in [4.78, 5) is 5.93. The van der Waals surface area contributed by atoms with Crippen LogP contribution in [0.2, 0.25) is 10.0 Å². The minimum Gasteiger partial charge on any atom is -0.391 e. The molecule has 0 bridgehead atoms. The van der Waals surface area contributed by atoms with Gasteiger partial charge in [-0.05, 0) is 24.3 Å². The van der Waals surface area contributed by atoms with Crippen molar-refractivity contribution in [1.29, 1.82) is 0 Å². The number of nitrogens with zero attached hydrogens (tertiary/aromatic N) is 3. The summed E-state index contributed by atoms with van der Waals surface area (Å²) in [5.41, 5.74) is -0.597. The summed E-state index contributed by atoms with van der Waals surface area (Å²) >= 11 is 13.0. The Balaban J connectivity index is 1.84. The zero-order valence-electron chi connectivity index (χ0n) is 15.0. The van der Waals surface area contributed by atoms with Gasteiger partial charge >= 0.3 is 6.18 Å². The smallest absolute Gasteiger partial charge is 0.391 e. The van der Waals surface area contributed by atoms with Gasteiger partial charge in [0, 0.05) is 27.6 Å². The predicted molar refractivity (Wildman–Crippen MR) is 108 cm³/mol. The second-order valence-electron chi connectivity index (χ2n) is 5.85. The topological polar surface area (TPSA) is 39.4 Å². The van der Waals surface area contributed by atoms with Gasteiger partial charge in [0.25, 0.3) is 0 Å². The zero-order valence-corrected chi connectivity index (χ0v) is 17.3. The molecular formula is C19H14Cl2F3N3OS. The standard InChI is InChI=1S/C19H14Cl2F3N3OS/c1-27-18(29-14-5-3-2-4-6-14)15(17(26-27)19(22,23)24)10-25-28-11-12-7-8-13(20)9-16(12)21/h2-10H,11H2,1H3/b25-10+. The van der Waals surface area contributed by atoms with E-state index in [2.05, 4.69) is 10.3 Å². The number of hydrogen-bond acceptors (Lipinski definition) is 4. The molecule has 0 aliphatic carbocycles. The van der Waals surface area contributed by atoms with E-state index >= 15 is 0 Å². The van der Waals surface area contributed by atoms with Crippen molar-refractivity contribution in [3.8, 4) is 0 Å². The molecule has 0 aliphatic rings. The summed E-state index contributed by atoms with van der Waals surface area (Å²) in [6, 6.07) is 13.9. The molecule has 0 fully saturated rings. The average Bonchev–Trinajstić information content (AvgIpc) is 2.97. The molecule has 1 heterocycles. The minimum atomic E-state index is -4.63. The number of hydrogen-bond donors (Lipinski definition) is 0. The summed E-state index contributed by atoms with van der Waals surface area (Å²) in [6.07, 6.45) is -3.61. The lowest BCUT2D eigenvalue weighted by molar-refractivity contribution is -0.141. The van der Waals surface area contributed by atoms with Crippen LogP contribution >= 0.6 is 35.0 Å². The van der Waals surface area contributed by atoms with Crippen LogP contribution in [0.4, 0.5) is 13.2 Å². The minimum absolute atomic E-state index is 0.0186. The van der Waals surface area contributed by atoms with Crippen molar-refractivity contribution in [1.82, 2.24) is 9.78 Å². The van der Waals surface area contributed by atoms with Gasteiger partial charge in [-0.2, -0.15) is 18.3 Å². The molecule has 2 aromatic carbocycles. The van der Waals surface area contributed by atoms with Crippen LogP contribution in [-0.4, -0.2) is 16.0 Å². The molecule has 0 saturated carbocycles. The second kappa shape index (κ2) is 9.11. The van der Waals surface area contributed by atoms with Crippen LogP contribution in [0.25, 0.3) is 0 Å². The monoisotopic (exact) mass is 459 g/mol. The lowest BCUT2D eigenvalue weighted by Crippen LogP contribution is -2.09. The van der Waals surface area contributed by atoms with Gasteiger partial charge < -0.3 is 4.84 Å². The molecule has 152 valence electrons. The molecule has 0 spiro atoms. The van der Waals surface area contributed by atoms with Crippen LogP contribution in [-0.2, 0) is 24.7 Å². The zero-order chi connectivity index (χ0) is 21.0. The molecule has 0 N–H and O–H groups in total. The fourth-order valence-corrected chi connectivity index (χ4v) is 3.82. The van der Waals surface area contributed by atoms with Gasteiger partial charge in [0.15, 0.2) is 5.69 Å². The number of aromatic nitrogens is 2. The molecule has 29 heavy (non-hydrogen) atoms. The Morgan fingerprint density at radius 1 is 1.17 bits per heavy atom. The third kappa shape index (κ3) is 5.46. The first kappa shape index (κ1) is 21.5. The van der Waals surface area contributed by atoms with E-state index in [1.807, 2.05) is 6.07 Å². The van der Waals surface area contributed by atoms with Crippen molar-refractivity contribution in [3.05, 3.63) is 75.4 Å². The Morgan fingerprint density at radius 3 is 2.55 bits per heavy atom. The third-order valence-electron chi connectivity index (χ3n) is 3.75. The Bertz CT molecular complexity index is 1020. The van der Waals surface area contributed by atoms with Crippen molar-refractivity contribution in [2.24, 2.45) is 12.2 Å². The number of rotatable bonds is 6. The lowest BCUT2D eigenvalue weighted by atomic mass is 10.2. The Hall–Kier alpha value is -2.16. The maximum atomic E-state index is 13.4. The average molecular weight is 460 g/mol. The maximum Gasteiger partial charge on any atom is 0.435 e. The second-order valence-corrected chi connectivity index (χ2v) is 7.75. The van der Waals surface area contributed by atoms with E-state index in [-0.39, 0.29) is 12.2 Å². The van der Waals surface area contributed by atoms with Crippen LogP contribution < -0.4 is 0 Å². The van der Waals surface area contributed by atoms with Crippen molar-refractivity contribution in [2.45, 2.75) is 22.7 Å². The molecule has 0 atom stereocenters. The highest BCUT2D eigenvalue weighted by molar-refractivity contribution is 7.99. The highest BCUT2D eigenvalue weighted by Gasteiger charge is 2.38. The summed E-state index contributed by atoms with van der Waals surface area (Å²) in [5, 5.41) is 8.47. The predicted octanol–water partition coefficient (Wildman–Crippen LogP) is 6.45. The van der Waals surface area contributed by atoms with E-state index in [0.29, 0.717) is 20.6 Å². The van der Waals surface area contributed by atoms with E-state index < -0.39 is 11.9 Å². The first-order chi connectivity index (χ1) is 13.8. The fraction of sp³-hybridized carbons (Fsp3) is 0.158. The van der Waals surface area contributed by atoms with Crippen molar-refractivity contribution in [3.63, 3.8) is 0 Å². The van der Waals surface area contributed by atoms with Gasteiger partial charge in [0.05, 0.1) is 11.8 Å². The molecule has 0 aliphatic heterocycles. The highest BCUT2D eigenvalue weighted by atomic mass is 35.5. The Morgan fingerprint density at radius 2 is 1.90 bits per heavy atom. The summed E-state index contributed by atoms with van der Waals surface area (Å²) in [6.45, 7) is -0.0186. The first-order valence-corrected chi connectivity index (χ1v) is 9.79. The van der Waals surface area contributed by atoms with Gasteiger partial charge in [-0.1, -0.05) is 64.4 Å². The number of oxime groups is 1. The molecule has 0 radical (unpaired) electrons. The molecule has 0 unspecified atom stereocenters. The van der Waals surface area contributed by atoms with Crippen LogP contribution in [0.1, 0.15) is 16.8 Å². The molecule has 0 saturated heterocycles.